The molecule has 0 spiro atoms. The minimum atomic E-state index is -0.463. The lowest BCUT2D eigenvalue weighted by Crippen LogP contribution is -2.27. The van der Waals surface area contributed by atoms with Crippen molar-refractivity contribution in [1.82, 2.24) is 0 Å². The second-order valence-electron chi connectivity index (χ2n) is 7.21. The van der Waals surface area contributed by atoms with E-state index in [-0.39, 0.29) is 17.5 Å². The Balaban J connectivity index is 0.000000585. The second kappa shape index (κ2) is 8.56. The van der Waals surface area contributed by atoms with Crippen molar-refractivity contribution in [2.45, 2.75) is 65.6 Å². The molecule has 0 aromatic heterocycles. The number of benzene rings is 1. The maximum atomic E-state index is 11.8. The lowest BCUT2D eigenvalue weighted by Gasteiger charge is -2.22. The summed E-state index contributed by atoms with van der Waals surface area (Å²) in [5.74, 6) is -0.578. The number of carbonyl (C=O) groups excluding carboxylic acids is 2. The molecule has 130 valence electrons. The van der Waals surface area contributed by atoms with E-state index in [1.807, 2.05) is 59.7 Å². The first-order valence-electron chi connectivity index (χ1n) is 7.56. The lowest BCUT2D eigenvalue weighted by atomic mass is 9.99. The van der Waals surface area contributed by atoms with Crippen molar-refractivity contribution < 1.29 is 19.1 Å². The van der Waals surface area contributed by atoms with E-state index in [0.29, 0.717) is 12.2 Å². The van der Waals surface area contributed by atoms with Gasteiger partial charge in [-0.25, -0.2) is 0 Å². The molecule has 0 amide bonds. The molecule has 2 N–H and O–H groups in total. The molecule has 0 saturated heterocycles. The van der Waals surface area contributed by atoms with Gasteiger partial charge in [-0.2, -0.15) is 0 Å². The summed E-state index contributed by atoms with van der Waals surface area (Å²) < 4.78 is 9.86. The van der Waals surface area contributed by atoms with Crippen LogP contribution in [-0.2, 0) is 19.1 Å². The maximum absolute atomic E-state index is 11.8. The molecule has 1 aromatic carbocycles. The van der Waals surface area contributed by atoms with Gasteiger partial charge >= 0.3 is 5.97 Å². The standard InChI is InChI=1S/C13H19NO2.C5H10O2/c1-9(12(15)16-13(2,3)4)10-7-5-6-8-11(10)14;1-5(2,3)7-4-6/h5-9H,14H2,1-4H3;4H,1-3H3. The quantitative estimate of drug-likeness (QED) is 0.521. The molecule has 0 fully saturated rings. The van der Waals surface area contributed by atoms with Gasteiger partial charge in [0, 0.05) is 5.69 Å². The number of hydrogen-bond donors (Lipinski definition) is 1. The fourth-order valence-electron chi connectivity index (χ4n) is 1.57. The first kappa shape index (κ1) is 21.0. The number of esters is 1. The third-order valence-electron chi connectivity index (χ3n) is 2.62. The maximum Gasteiger partial charge on any atom is 0.313 e. The Kier molecular flexibility index (Phi) is 7.80. The van der Waals surface area contributed by atoms with Gasteiger partial charge in [-0.05, 0) is 60.1 Å². The highest BCUT2D eigenvalue weighted by Crippen LogP contribution is 2.24. The predicted octanol–water partition coefficient (Wildman–Crippen LogP) is 3.67. The van der Waals surface area contributed by atoms with Crippen LogP contribution in [-0.4, -0.2) is 23.6 Å². The van der Waals surface area contributed by atoms with E-state index < -0.39 is 5.60 Å². The normalized spacial score (nSPS) is 12.5. The summed E-state index contributed by atoms with van der Waals surface area (Å²) in [7, 11) is 0. The summed E-state index contributed by atoms with van der Waals surface area (Å²) in [4.78, 5) is 21.4. The summed E-state index contributed by atoms with van der Waals surface area (Å²) >= 11 is 0. The fraction of sp³-hybridized carbons (Fsp3) is 0.556. The summed E-state index contributed by atoms with van der Waals surface area (Å²) in [5, 5.41) is 0. The van der Waals surface area contributed by atoms with Crippen LogP contribution in [0.1, 0.15) is 59.9 Å². The molecule has 0 heterocycles. The van der Waals surface area contributed by atoms with Gasteiger partial charge in [-0.1, -0.05) is 18.2 Å². The van der Waals surface area contributed by atoms with E-state index in [1.54, 1.807) is 13.0 Å². The van der Waals surface area contributed by atoms with Gasteiger partial charge in [0.05, 0.1) is 5.92 Å². The Bertz CT molecular complexity index is 512. The van der Waals surface area contributed by atoms with E-state index in [0.717, 1.165) is 5.56 Å². The molecule has 5 heteroatoms. The van der Waals surface area contributed by atoms with Crippen LogP contribution in [0.4, 0.5) is 5.69 Å². The average molecular weight is 323 g/mol. The molecule has 5 nitrogen and oxygen atoms in total. The predicted molar refractivity (Wildman–Crippen MR) is 92.0 cm³/mol. The number of nitrogens with two attached hydrogens (primary N) is 1. The number of hydrogen-bond acceptors (Lipinski definition) is 5. The van der Waals surface area contributed by atoms with Gasteiger partial charge in [-0.15, -0.1) is 0 Å². The van der Waals surface area contributed by atoms with Gasteiger partial charge in [0.2, 0.25) is 0 Å². The Morgan fingerprint density at radius 2 is 1.61 bits per heavy atom. The topological polar surface area (TPSA) is 78.6 Å². The number of anilines is 1. The molecule has 1 atom stereocenters. The van der Waals surface area contributed by atoms with Crippen molar-refractivity contribution in [2.75, 3.05) is 5.73 Å². The summed E-state index contributed by atoms with van der Waals surface area (Å²) in [5.41, 5.74) is 6.48. The van der Waals surface area contributed by atoms with Crippen molar-refractivity contribution in [2.24, 2.45) is 0 Å². The van der Waals surface area contributed by atoms with E-state index >= 15 is 0 Å². The van der Waals surface area contributed by atoms with Crippen LogP contribution in [0.5, 0.6) is 0 Å². The van der Waals surface area contributed by atoms with E-state index in [9.17, 15) is 9.59 Å². The molecule has 0 aliphatic heterocycles. The summed E-state index contributed by atoms with van der Waals surface area (Å²) in [6.07, 6.45) is 0. The molecule has 1 rings (SSSR count). The molecule has 23 heavy (non-hydrogen) atoms. The van der Waals surface area contributed by atoms with E-state index in [4.69, 9.17) is 10.5 Å². The van der Waals surface area contributed by atoms with Crippen molar-refractivity contribution in [3.63, 3.8) is 0 Å². The molecule has 1 unspecified atom stereocenters. The SMILES string of the molecule is CC(C(=O)OC(C)(C)C)c1ccccc1N.CC(C)(C)OC=O. The zero-order valence-corrected chi connectivity index (χ0v) is 15.2. The molecule has 0 saturated carbocycles. The zero-order chi connectivity index (χ0) is 18.3. The van der Waals surface area contributed by atoms with E-state index in [2.05, 4.69) is 4.74 Å². The van der Waals surface area contributed by atoms with Crippen molar-refractivity contribution >= 4 is 18.1 Å². The molecule has 0 aliphatic rings. The Labute approximate surface area is 139 Å². The van der Waals surface area contributed by atoms with Crippen LogP contribution < -0.4 is 5.73 Å². The van der Waals surface area contributed by atoms with Crippen LogP contribution in [0, 0.1) is 0 Å². The number of nitrogen functional groups attached to an aromatic ring is 1. The first-order valence-corrected chi connectivity index (χ1v) is 7.56. The zero-order valence-electron chi connectivity index (χ0n) is 15.2. The number of carbonyl (C=O) groups is 2. The first-order chi connectivity index (χ1) is 10.4. The minimum Gasteiger partial charge on any atom is -0.462 e. The fourth-order valence-corrected chi connectivity index (χ4v) is 1.57. The van der Waals surface area contributed by atoms with Gasteiger partial charge in [0.1, 0.15) is 11.2 Å². The third-order valence-corrected chi connectivity index (χ3v) is 2.62. The van der Waals surface area contributed by atoms with E-state index in [1.165, 1.54) is 0 Å². The van der Waals surface area contributed by atoms with Gasteiger partial charge in [-0.3, -0.25) is 9.59 Å². The average Bonchev–Trinajstić information content (AvgIpc) is 2.35. The van der Waals surface area contributed by atoms with Crippen LogP contribution in [0.3, 0.4) is 0 Å². The van der Waals surface area contributed by atoms with Crippen LogP contribution in [0.2, 0.25) is 0 Å². The molecule has 0 bridgehead atoms. The van der Waals surface area contributed by atoms with Crippen molar-refractivity contribution in [3.05, 3.63) is 29.8 Å². The largest absolute Gasteiger partial charge is 0.462 e. The van der Waals surface area contributed by atoms with Crippen LogP contribution in [0.15, 0.2) is 24.3 Å². The second-order valence-corrected chi connectivity index (χ2v) is 7.21. The molecule has 0 radical (unpaired) electrons. The number of ether oxygens (including phenoxy) is 2. The van der Waals surface area contributed by atoms with Gasteiger partial charge < -0.3 is 15.2 Å². The Morgan fingerprint density at radius 3 is 1.96 bits per heavy atom. The van der Waals surface area contributed by atoms with Crippen LogP contribution >= 0.6 is 0 Å². The van der Waals surface area contributed by atoms with Gasteiger partial charge in [0.25, 0.3) is 6.47 Å². The van der Waals surface area contributed by atoms with Crippen molar-refractivity contribution in [3.8, 4) is 0 Å². The molecule has 0 aliphatic carbocycles. The van der Waals surface area contributed by atoms with Crippen LogP contribution in [0.25, 0.3) is 0 Å². The number of rotatable bonds is 3. The number of para-hydroxylation sites is 1. The monoisotopic (exact) mass is 323 g/mol. The molecule has 1 aromatic rings. The highest BCUT2D eigenvalue weighted by molar-refractivity contribution is 5.80. The Morgan fingerprint density at radius 1 is 1.09 bits per heavy atom. The summed E-state index contributed by atoms with van der Waals surface area (Å²) in [6.45, 7) is 13.3. The van der Waals surface area contributed by atoms with Gasteiger partial charge in [0.15, 0.2) is 0 Å². The summed E-state index contributed by atoms with van der Waals surface area (Å²) in [6, 6.07) is 7.35. The minimum absolute atomic E-state index is 0.245. The lowest BCUT2D eigenvalue weighted by molar-refractivity contribution is -0.156. The highest BCUT2D eigenvalue weighted by Gasteiger charge is 2.23. The molecular weight excluding hydrogens is 294 g/mol. The third kappa shape index (κ3) is 9.55. The molecular formula is C18H29NO4. The highest BCUT2D eigenvalue weighted by atomic mass is 16.6. The Hall–Kier alpha value is -2.04. The smallest absolute Gasteiger partial charge is 0.313 e. The van der Waals surface area contributed by atoms with Crippen molar-refractivity contribution in [1.29, 1.82) is 0 Å².